The second kappa shape index (κ2) is 8.04. The zero-order valence-electron chi connectivity index (χ0n) is 9.82. The summed E-state index contributed by atoms with van der Waals surface area (Å²) in [5.74, 6) is 2.23. The summed E-state index contributed by atoms with van der Waals surface area (Å²) in [5.41, 5.74) is 0.841. The van der Waals surface area contributed by atoms with Crippen LogP contribution in [0.5, 0.6) is 0 Å². The average molecular weight is 352 g/mol. The molecule has 0 spiro atoms. The number of hydrogen-bond acceptors (Lipinski definition) is 3. The molecule has 0 aliphatic carbocycles. The summed E-state index contributed by atoms with van der Waals surface area (Å²) in [6, 6.07) is 7.96. The van der Waals surface area contributed by atoms with Crippen LogP contribution in [0.4, 0.5) is 5.69 Å². The predicted octanol–water partition coefficient (Wildman–Crippen LogP) is 2.90. The van der Waals surface area contributed by atoms with Gasteiger partial charge in [0.2, 0.25) is 5.91 Å². The first-order valence-electron chi connectivity index (χ1n) is 5.60. The predicted molar refractivity (Wildman–Crippen MR) is 83.8 cm³/mol. The summed E-state index contributed by atoms with van der Waals surface area (Å²) < 4.78 is 0.974. The molecule has 1 aliphatic rings. The van der Waals surface area contributed by atoms with Crippen LogP contribution in [0.15, 0.2) is 28.7 Å². The molecule has 18 heavy (non-hydrogen) atoms. The van der Waals surface area contributed by atoms with E-state index in [-0.39, 0.29) is 18.3 Å². The first-order valence-corrected chi connectivity index (χ1v) is 7.55. The summed E-state index contributed by atoms with van der Waals surface area (Å²) in [6.07, 6.45) is 0.541. The molecule has 6 heteroatoms. The molecule has 1 heterocycles. The third kappa shape index (κ3) is 5.18. The van der Waals surface area contributed by atoms with Crippen LogP contribution in [0.25, 0.3) is 0 Å². The van der Waals surface area contributed by atoms with Crippen LogP contribution in [-0.2, 0) is 4.79 Å². The maximum absolute atomic E-state index is 11.8. The van der Waals surface area contributed by atoms with Crippen LogP contribution in [0.3, 0.4) is 0 Å². The van der Waals surface area contributed by atoms with Gasteiger partial charge in [-0.1, -0.05) is 22.0 Å². The summed E-state index contributed by atoms with van der Waals surface area (Å²) in [5, 5.41) is 6.27. The molecule has 0 bridgehead atoms. The van der Waals surface area contributed by atoms with Crippen molar-refractivity contribution in [2.24, 2.45) is 0 Å². The number of halogens is 2. The summed E-state index contributed by atoms with van der Waals surface area (Å²) in [6.45, 7) is 1.000. The number of rotatable bonds is 3. The number of benzene rings is 1. The molecule has 1 atom stereocenters. The highest BCUT2D eigenvalue weighted by Gasteiger charge is 2.16. The second-order valence-electron chi connectivity index (χ2n) is 3.99. The Balaban J connectivity index is 0.00000162. The lowest BCUT2D eigenvalue weighted by atomic mass is 10.2. The molecular weight excluding hydrogens is 336 g/mol. The van der Waals surface area contributed by atoms with Crippen LogP contribution < -0.4 is 10.6 Å². The Morgan fingerprint density at radius 3 is 3.06 bits per heavy atom. The van der Waals surface area contributed by atoms with E-state index in [1.807, 2.05) is 36.0 Å². The quantitative estimate of drug-likeness (QED) is 0.880. The topological polar surface area (TPSA) is 41.1 Å². The molecule has 1 amide bonds. The molecule has 1 saturated heterocycles. The monoisotopic (exact) mass is 350 g/mol. The number of thioether (sulfide) groups is 1. The van der Waals surface area contributed by atoms with Crippen molar-refractivity contribution in [3.63, 3.8) is 0 Å². The van der Waals surface area contributed by atoms with Crippen molar-refractivity contribution in [1.29, 1.82) is 0 Å². The highest BCUT2D eigenvalue weighted by atomic mass is 79.9. The van der Waals surface area contributed by atoms with Gasteiger partial charge in [-0.3, -0.25) is 4.79 Å². The first-order chi connectivity index (χ1) is 8.24. The Labute approximate surface area is 126 Å². The SMILES string of the molecule is Cl.O=C(CC1CSCCN1)Nc1cccc(Br)c1. The minimum absolute atomic E-state index is 0. The molecule has 1 fully saturated rings. The van der Waals surface area contributed by atoms with Crippen molar-refractivity contribution >= 4 is 51.7 Å². The van der Waals surface area contributed by atoms with Crippen molar-refractivity contribution in [3.8, 4) is 0 Å². The molecule has 0 aromatic heterocycles. The van der Waals surface area contributed by atoms with Crippen LogP contribution in [0.1, 0.15) is 6.42 Å². The van der Waals surface area contributed by atoms with Crippen LogP contribution >= 0.6 is 40.1 Å². The number of carbonyl (C=O) groups excluding carboxylic acids is 1. The fraction of sp³-hybridized carbons (Fsp3) is 0.417. The van der Waals surface area contributed by atoms with E-state index in [1.165, 1.54) is 0 Å². The maximum Gasteiger partial charge on any atom is 0.225 e. The molecule has 100 valence electrons. The number of carbonyl (C=O) groups is 1. The second-order valence-corrected chi connectivity index (χ2v) is 6.05. The number of hydrogen-bond donors (Lipinski definition) is 2. The van der Waals surface area contributed by atoms with Crippen molar-refractivity contribution < 1.29 is 4.79 Å². The third-order valence-electron chi connectivity index (χ3n) is 2.54. The van der Waals surface area contributed by atoms with Gasteiger partial charge in [0.1, 0.15) is 0 Å². The Bertz CT molecular complexity index is 399. The van der Waals surface area contributed by atoms with Gasteiger partial charge in [0, 0.05) is 40.7 Å². The van der Waals surface area contributed by atoms with Gasteiger partial charge in [0.05, 0.1) is 0 Å². The van der Waals surface area contributed by atoms with Gasteiger partial charge < -0.3 is 10.6 Å². The molecule has 1 aromatic carbocycles. The molecule has 0 radical (unpaired) electrons. The first kappa shape index (κ1) is 15.8. The molecule has 2 rings (SSSR count). The molecular formula is C12H16BrClN2OS. The number of anilines is 1. The Morgan fingerprint density at radius 1 is 1.56 bits per heavy atom. The van der Waals surface area contributed by atoms with E-state index < -0.39 is 0 Å². The number of nitrogens with one attached hydrogen (secondary N) is 2. The minimum atomic E-state index is 0. The van der Waals surface area contributed by atoms with E-state index >= 15 is 0 Å². The summed E-state index contributed by atoms with van der Waals surface area (Å²) >= 11 is 5.29. The largest absolute Gasteiger partial charge is 0.326 e. The van der Waals surface area contributed by atoms with Crippen molar-refractivity contribution in [2.75, 3.05) is 23.4 Å². The number of amides is 1. The van der Waals surface area contributed by atoms with Crippen molar-refractivity contribution in [2.45, 2.75) is 12.5 Å². The van der Waals surface area contributed by atoms with E-state index in [4.69, 9.17) is 0 Å². The van der Waals surface area contributed by atoms with Crippen molar-refractivity contribution in [1.82, 2.24) is 5.32 Å². The van der Waals surface area contributed by atoms with Gasteiger partial charge in [0.25, 0.3) is 0 Å². The molecule has 1 aromatic rings. The molecule has 1 aliphatic heterocycles. The summed E-state index contributed by atoms with van der Waals surface area (Å²) in [4.78, 5) is 11.8. The van der Waals surface area contributed by atoms with Gasteiger partial charge in [-0.05, 0) is 18.2 Å². The van der Waals surface area contributed by atoms with E-state index in [9.17, 15) is 4.79 Å². The fourth-order valence-corrected chi connectivity index (χ4v) is 3.10. The zero-order chi connectivity index (χ0) is 12.1. The van der Waals surface area contributed by atoms with Crippen LogP contribution in [0, 0.1) is 0 Å². The normalized spacial score (nSPS) is 18.8. The van der Waals surface area contributed by atoms with Gasteiger partial charge in [-0.2, -0.15) is 11.8 Å². The maximum atomic E-state index is 11.8. The van der Waals surface area contributed by atoms with E-state index in [0.717, 1.165) is 28.2 Å². The lowest BCUT2D eigenvalue weighted by Gasteiger charge is -2.22. The highest BCUT2D eigenvalue weighted by Crippen LogP contribution is 2.16. The van der Waals surface area contributed by atoms with Crippen LogP contribution in [0.2, 0.25) is 0 Å². The smallest absolute Gasteiger partial charge is 0.225 e. The third-order valence-corrected chi connectivity index (χ3v) is 4.16. The van der Waals surface area contributed by atoms with Gasteiger partial charge in [-0.15, -0.1) is 12.4 Å². The average Bonchev–Trinajstić information content (AvgIpc) is 2.30. The van der Waals surface area contributed by atoms with Crippen molar-refractivity contribution in [3.05, 3.63) is 28.7 Å². The molecule has 3 nitrogen and oxygen atoms in total. The zero-order valence-corrected chi connectivity index (χ0v) is 13.0. The Morgan fingerprint density at radius 2 is 2.39 bits per heavy atom. The molecule has 1 unspecified atom stereocenters. The minimum Gasteiger partial charge on any atom is -0.326 e. The fourth-order valence-electron chi connectivity index (χ4n) is 1.75. The van der Waals surface area contributed by atoms with E-state index in [1.54, 1.807) is 0 Å². The Kier molecular flexibility index (Phi) is 7.07. The van der Waals surface area contributed by atoms with Gasteiger partial charge in [0.15, 0.2) is 0 Å². The lowest BCUT2D eigenvalue weighted by Crippen LogP contribution is -2.39. The van der Waals surface area contributed by atoms with E-state index in [2.05, 4.69) is 26.6 Å². The highest BCUT2D eigenvalue weighted by molar-refractivity contribution is 9.10. The molecule has 2 N–H and O–H groups in total. The lowest BCUT2D eigenvalue weighted by molar-refractivity contribution is -0.116. The van der Waals surface area contributed by atoms with Crippen LogP contribution in [-0.4, -0.2) is 30.0 Å². The molecule has 0 saturated carbocycles. The Hall–Kier alpha value is -0.230. The standard InChI is InChI=1S/C12H15BrN2OS.ClH/c13-9-2-1-3-10(6-9)15-12(16)7-11-8-17-5-4-14-11;/h1-3,6,11,14H,4-5,7-8H2,(H,15,16);1H. The van der Waals surface area contributed by atoms with Gasteiger partial charge >= 0.3 is 0 Å². The summed E-state index contributed by atoms with van der Waals surface area (Å²) in [7, 11) is 0. The van der Waals surface area contributed by atoms with E-state index in [0.29, 0.717) is 12.5 Å². The van der Waals surface area contributed by atoms with Gasteiger partial charge in [-0.25, -0.2) is 0 Å².